The second kappa shape index (κ2) is 8.12. The number of hydrogen-bond donors (Lipinski definition) is 4. The lowest BCUT2D eigenvalue weighted by Crippen LogP contribution is -2.42. The van der Waals surface area contributed by atoms with E-state index in [4.69, 9.17) is 28.5 Å². The first kappa shape index (κ1) is 21.6. The average Bonchev–Trinajstić information content (AvgIpc) is 3.32. The minimum absolute atomic E-state index is 0.0997. The molecule has 0 saturated carbocycles. The number of nitrogens with two attached hydrogens (primary N) is 2. The second-order valence-corrected chi connectivity index (χ2v) is 10.7. The van der Waals surface area contributed by atoms with Crippen LogP contribution in [0.15, 0.2) is 46.7 Å². The van der Waals surface area contributed by atoms with E-state index in [0.717, 1.165) is 21.4 Å². The molecule has 3 aromatic rings. The fourth-order valence-electron chi connectivity index (χ4n) is 3.53. The highest BCUT2D eigenvalue weighted by Gasteiger charge is 2.34. The van der Waals surface area contributed by atoms with Crippen molar-refractivity contribution in [2.75, 3.05) is 12.3 Å². The number of hydrogen-bond acceptors (Lipinski definition) is 6. The number of anilines is 1. The largest absolute Gasteiger partial charge is 0.398 e. The number of nitrogens with zero attached hydrogens (tertiary/aromatic N) is 1. The fraction of sp³-hybridized carbons (Fsp3) is 0.200. The molecule has 1 amide bonds. The molecule has 0 aliphatic carbocycles. The van der Waals surface area contributed by atoms with Gasteiger partial charge in [-0.25, -0.2) is 8.42 Å². The Balaban J connectivity index is 1.78. The van der Waals surface area contributed by atoms with E-state index in [-0.39, 0.29) is 16.0 Å². The van der Waals surface area contributed by atoms with Gasteiger partial charge in [0.15, 0.2) is 0 Å². The summed E-state index contributed by atoms with van der Waals surface area (Å²) in [6, 6.07) is 11.4. The van der Waals surface area contributed by atoms with Gasteiger partial charge in [0.25, 0.3) is 10.0 Å². The van der Waals surface area contributed by atoms with Crippen molar-refractivity contribution in [3.8, 4) is 0 Å². The van der Waals surface area contributed by atoms with Crippen LogP contribution in [0, 0.1) is 5.41 Å². The first-order chi connectivity index (χ1) is 14.7. The Bertz CT molecular complexity index is 1310. The lowest BCUT2D eigenvalue weighted by atomic mass is 10.1. The maximum absolute atomic E-state index is 13.3. The van der Waals surface area contributed by atoms with Crippen molar-refractivity contribution in [1.29, 1.82) is 5.41 Å². The third-order valence-electron chi connectivity index (χ3n) is 5.11. The summed E-state index contributed by atoms with van der Waals surface area (Å²) in [4.78, 5) is 13.9. The van der Waals surface area contributed by atoms with E-state index in [1.165, 1.54) is 4.90 Å². The molecular formula is C20H20ClN5O3S2. The summed E-state index contributed by atoms with van der Waals surface area (Å²) in [5.74, 6) is -0.361. The van der Waals surface area contributed by atoms with Gasteiger partial charge in [0, 0.05) is 39.5 Å². The van der Waals surface area contributed by atoms with Crippen LogP contribution in [0.5, 0.6) is 0 Å². The number of benzene rings is 2. The van der Waals surface area contributed by atoms with Gasteiger partial charge in [0.1, 0.15) is 16.2 Å². The van der Waals surface area contributed by atoms with Crippen LogP contribution < -0.4 is 16.2 Å². The highest BCUT2D eigenvalue weighted by Crippen LogP contribution is 2.34. The number of likely N-dealkylation sites (tertiary alicyclic amines) is 1. The number of carbonyl (C=O) groups excluding carboxylic acids is 1. The summed E-state index contributed by atoms with van der Waals surface area (Å²) < 4.78 is 30.0. The normalized spacial score (nSPS) is 15.5. The smallest absolute Gasteiger partial charge is 0.252 e. The van der Waals surface area contributed by atoms with Crippen molar-refractivity contribution >= 4 is 60.5 Å². The molecule has 0 bridgehead atoms. The van der Waals surface area contributed by atoms with Crippen molar-refractivity contribution < 1.29 is 13.2 Å². The summed E-state index contributed by atoms with van der Waals surface area (Å²) in [6.07, 6.45) is -0.0791. The standard InChI is InChI=1S/C20H20ClN5O3S2/c21-13-5-3-11-9-18(30-16(11)10-13)31(28,29)25-20(26-7-1-2-17(26)27)14-8-12(19(23)24)4-6-15(14)22/h3-6,8-10,20,25H,1-2,7,22H2,(H3,23,24). The number of amidine groups is 1. The molecule has 1 aliphatic heterocycles. The molecular weight excluding hydrogens is 458 g/mol. The van der Waals surface area contributed by atoms with Crippen LogP contribution >= 0.6 is 22.9 Å². The van der Waals surface area contributed by atoms with E-state index in [9.17, 15) is 13.2 Å². The Morgan fingerprint density at radius 2 is 2.00 bits per heavy atom. The van der Waals surface area contributed by atoms with Gasteiger partial charge in [-0.3, -0.25) is 10.2 Å². The molecule has 0 spiro atoms. The van der Waals surface area contributed by atoms with Crippen LogP contribution in [0.2, 0.25) is 5.02 Å². The van der Waals surface area contributed by atoms with Crippen LogP contribution in [0.25, 0.3) is 10.1 Å². The minimum atomic E-state index is -4.00. The van der Waals surface area contributed by atoms with E-state index in [0.29, 0.717) is 41.2 Å². The van der Waals surface area contributed by atoms with Gasteiger partial charge in [0.2, 0.25) is 5.91 Å². The molecule has 1 unspecified atom stereocenters. The number of thiophene rings is 1. The lowest BCUT2D eigenvalue weighted by Gasteiger charge is -2.29. The highest BCUT2D eigenvalue weighted by atomic mass is 35.5. The van der Waals surface area contributed by atoms with Gasteiger partial charge in [0.05, 0.1) is 0 Å². The molecule has 11 heteroatoms. The second-order valence-electron chi connectivity index (χ2n) is 7.22. The summed E-state index contributed by atoms with van der Waals surface area (Å²) >= 11 is 7.11. The van der Waals surface area contributed by atoms with Gasteiger partial charge in [-0.1, -0.05) is 17.7 Å². The zero-order valence-corrected chi connectivity index (χ0v) is 18.7. The van der Waals surface area contributed by atoms with Crippen LogP contribution in [0.3, 0.4) is 0 Å². The first-order valence-corrected chi connectivity index (χ1v) is 12.1. The Morgan fingerprint density at radius 3 is 2.68 bits per heavy atom. The number of amides is 1. The van der Waals surface area contributed by atoms with E-state index in [1.807, 2.05) is 0 Å². The van der Waals surface area contributed by atoms with Crippen LogP contribution in [-0.2, 0) is 14.8 Å². The molecule has 1 fully saturated rings. The number of nitrogens with one attached hydrogen (secondary N) is 2. The van der Waals surface area contributed by atoms with Gasteiger partial charge < -0.3 is 16.4 Å². The molecule has 1 atom stereocenters. The zero-order chi connectivity index (χ0) is 22.3. The van der Waals surface area contributed by atoms with Crippen LogP contribution in [0.4, 0.5) is 5.69 Å². The van der Waals surface area contributed by atoms with E-state index >= 15 is 0 Å². The fourth-order valence-corrected chi connectivity index (χ4v) is 6.40. The summed E-state index contributed by atoms with van der Waals surface area (Å²) in [5, 5.41) is 8.96. The zero-order valence-electron chi connectivity index (χ0n) is 16.3. The van der Waals surface area contributed by atoms with Crippen molar-refractivity contribution in [2.45, 2.75) is 23.2 Å². The monoisotopic (exact) mass is 477 g/mol. The van der Waals surface area contributed by atoms with E-state index < -0.39 is 16.2 Å². The van der Waals surface area contributed by atoms with E-state index in [2.05, 4.69) is 4.72 Å². The van der Waals surface area contributed by atoms with Gasteiger partial charge in [-0.2, -0.15) is 4.72 Å². The first-order valence-electron chi connectivity index (χ1n) is 9.40. The molecule has 31 heavy (non-hydrogen) atoms. The van der Waals surface area contributed by atoms with Gasteiger partial charge in [-0.15, -0.1) is 11.3 Å². The Kier molecular flexibility index (Phi) is 5.65. The SMILES string of the molecule is N=C(N)c1ccc(N)c(C(NS(=O)(=O)c2cc3ccc(Cl)cc3s2)N2CCCC2=O)c1. The third kappa shape index (κ3) is 4.24. The predicted octanol–water partition coefficient (Wildman–Crippen LogP) is 3.02. The third-order valence-corrected chi connectivity index (χ3v) is 8.32. The molecule has 1 aliphatic rings. The molecule has 6 N–H and O–H groups in total. The minimum Gasteiger partial charge on any atom is -0.398 e. The Morgan fingerprint density at radius 1 is 1.23 bits per heavy atom. The number of rotatable bonds is 6. The quantitative estimate of drug-likeness (QED) is 0.245. The lowest BCUT2D eigenvalue weighted by molar-refractivity contribution is -0.130. The van der Waals surface area contributed by atoms with Gasteiger partial charge >= 0.3 is 0 Å². The van der Waals surface area contributed by atoms with Crippen molar-refractivity contribution in [1.82, 2.24) is 9.62 Å². The van der Waals surface area contributed by atoms with E-state index in [1.54, 1.807) is 42.5 Å². The van der Waals surface area contributed by atoms with Crippen molar-refractivity contribution in [3.05, 3.63) is 58.6 Å². The van der Waals surface area contributed by atoms with Crippen LogP contribution in [0.1, 0.15) is 30.1 Å². The number of halogens is 1. The summed E-state index contributed by atoms with van der Waals surface area (Å²) in [6.45, 7) is 0.387. The number of sulfonamides is 1. The highest BCUT2D eigenvalue weighted by molar-refractivity contribution is 7.91. The molecule has 0 radical (unpaired) electrons. The number of carbonyl (C=O) groups is 1. The maximum Gasteiger partial charge on any atom is 0.252 e. The molecule has 4 rings (SSSR count). The maximum atomic E-state index is 13.3. The van der Waals surface area contributed by atoms with Gasteiger partial charge in [-0.05, 0) is 48.2 Å². The van der Waals surface area contributed by atoms with Crippen LogP contribution in [-0.4, -0.2) is 31.6 Å². The molecule has 2 aromatic carbocycles. The Hall–Kier alpha value is -2.66. The Labute approximate surface area is 188 Å². The summed E-state index contributed by atoms with van der Waals surface area (Å²) in [7, 11) is -4.00. The predicted molar refractivity (Wildman–Crippen MR) is 123 cm³/mol. The average molecular weight is 478 g/mol. The molecule has 2 heterocycles. The number of fused-ring (bicyclic) bond motifs is 1. The van der Waals surface area contributed by atoms with Crippen molar-refractivity contribution in [3.63, 3.8) is 0 Å². The topological polar surface area (TPSA) is 142 Å². The molecule has 8 nitrogen and oxygen atoms in total. The molecule has 162 valence electrons. The number of nitrogen functional groups attached to an aromatic ring is 2. The molecule has 1 aromatic heterocycles. The summed E-state index contributed by atoms with van der Waals surface area (Å²) in [5.41, 5.74) is 12.8. The van der Waals surface area contributed by atoms with Crippen molar-refractivity contribution in [2.24, 2.45) is 5.73 Å². The molecule has 1 saturated heterocycles.